The smallest absolute Gasteiger partial charge is 0.0489 e. The van der Waals surface area contributed by atoms with Gasteiger partial charge in [0.15, 0.2) is 0 Å². The first-order valence-corrected chi connectivity index (χ1v) is 6.56. The quantitative estimate of drug-likeness (QED) is 0.647. The van der Waals surface area contributed by atoms with Gasteiger partial charge in [0.05, 0.1) is 0 Å². The van der Waals surface area contributed by atoms with E-state index in [1.807, 2.05) is 24.5 Å². The number of hydrogen-bond donors (Lipinski definition) is 1. The molecule has 1 saturated carbocycles. The number of alkyl halides is 1. The largest absolute Gasteiger partial charge is 0.308 e. The predicted octanol–water partition coefficient (Wildman–Crippen LogP) is 3.11. The number of aromatic nitrogens is 1. The summed E-state index contributed by atoms with van der Waals surface area (Å²) < 4.78 is 0. The monoisotopic (exact) mass is 238 g/mol. The minimum atomic E-state index is 0.296. The van der Waals surface area contributed by atoms with Gasteiger partial charge in [-0.2, -0.15) is 0 Å². The van der Waals surface area contributed by atoms with Crippen LogP contribution >= 0.6 is 11.6 Å². The lowest BCUT2D eigenvalue weighted by atomic mass is 10.1. The van der Waals surface area contributed by atoms with Gasteiger partial charge in [-0.3, -0.25) is 4.98 Å². The molecule has 0 amide bonds. The van der Waals surface area contributed by atoms with Crippen molar-refractivity contribution in [2.75, 3.05) is 0 Å². The van der Waals surface area contributed by atoms with Crippen LogP contribution in [-0.4, -0.2) is 16.4 Å². The van der Waals surface area contributed by atoms with E-state index >= 15 is 0 Å². The van der Waals surface area contributed by atoms with E-state index in [2.05, 4.69) is 10.3 Å². The molecule has 16 heavy (non-hydrogen) atoms. The molecule has 1 aliphatic carbocycles. The molecule has 0 radical (unpaired) electrons. The first-order valence-electron chi connectivity index (χ1n) is 6.12. The third kappa shape index (κ3) is 3.46. The third-order valence-electron chi connectivity index (χ3n) is 3.25. The molecule has 3 heteroatoms. The SMILES string of the molecule is ClC1CCCCCC1NCc1ccncc1. The van der Waals surface area contributed by atoms with Gasteiger partial charge in [-0.15, -0.1) is 11.6 Å². The van der Waals surface area contributed by atoms with E-state index in [1.54, 1.807) is 0 Å². The Bertz CT molecular complexity index is 302. The van der Waals surface area contributed by atoms with E-state index in [9.17, 15) is 0 Å². The van der Waals surface area contributed by atoms with Crippen molar-refractivity contribution in [1.82, 2.24) is 10.3 Å². The number of nitrogens with zero attached hydrogens (tertiary/aromatic N) is 1. The maximum Gasteiger partial charge on any atom is 0.0489 e. The molecule has 1 N–H and O–H groups in total. The van der Waals surface area contributed by atoms with Gasteiger partial charge >= 0.3 is 0 Å². The van der Waals surface area contributed by atoms with Gasteiger partial charge in [0.2, 0.25) is 0 Å². The van der Waals surface area contributed by atoms with E-state index in [0.717, 1.165) is 13.0 Å². The summed E-state index contributed by atoms with van der Waals surface area (Å²) in [5.41, 5.74) is 1.28. The summed E-state index contributed by atoms with van der Waals surface area (Å²) in [6, 6.07) is 4.57. The second-order valence-corrected chi connectivity index (χ2v) is 5.06. The summed E-state index contributed by atoms with van der Waals surface area (Å²) in [6.45, 7) is 0.899. The van der Waals surface area contributed by atoms with Crippen LogP contribution in [0.3, 0.4) is 0 Å². The van der Waals surface area contributed by atoms with Crippen LogP contribution in [0.2, 0.25) is 0 Å². The first-order chi connectivity index (χ1) is 7.86. The van der Waals surface area contributed by atoms with Crippen molar-refractivity contribution in [3.05, 3.63) is 30.1 Å². The molecule has 0 spiro atoms. The Labute approximate surface area is 102 Å². The molecule has 88 valence electrons. The second kappa shape index (κ2) is 6.21. The highest BCUT2D eigenvalue weighted by Crippen LogP contribution is 2.22. The van der Waals surface area contributed by atoms with E-state index in [1.165, 1.54) is 31.2 Å². The summed E-state index contributed by atoms with van der Waals surface area (Å²) in [5.74, 6) is 0. The molecule has 1 aromatic rings. The zero-order valence-corrected chi connectivity index (χ0v) is 10.3. The summed E-state index contributed by atoms with van der Waals surface area (Å²) in [4.78, 5) is 4.02. The maximum absolute atomic E-state index is 6.38. The fraction of sp³-hybridized carbons (Fsp3) is 0.615. The number of nitrogens with one attached hydrogen (secondary N) is 1. The van der Waals surface area contributed by atoms with E-state index < -0.39 is 0 Å². The zero-order chi connectivity index (χ0) is 11.2. The molecular formula is C13H19ClN2. The van der Waals surface area contributed by atoms with Gasteiger partial charge in [0.25, 0.3) is 0 Å². The second-order valence-electron chi connectivity index (χ2n) is 4.50. The lowest BCUT2D eigenvalue weighted by Gasteiger charge is -2.21. The fourth-order valence-corrected chi connectivity index (χ4v) is 2.61. The average Bonchev–Trinajstić information content (AvgIpc) is 2.53. The summed E-state index contributed by atoms with van der Waals surface area (Å²) in [5, 5.41) is 3.86. The van der Waals surface area contributed by atoms with Crippen LogP contribution in [0.4, 0.5) is 0 Å². The molecule has 1 heterocycles. The Kier molecular flexibility index (Phi) is 4.61. The lowest BCUT2D eigenvalue weighted by molar-refractivity contribution is 0.464. The molecule has 2 rings (SSSR count). The van der Waals surface area contributed by atoms with Crippen LogP contribution in [0.5, 0.6) is 0 Å². The molecule has 0 saturated heterocycles. The maximum atomic E-state index is 6.38. The Morgan fingerprint density at radius 1 is 1.19 bits per heavy atom. The molecule has 0 bridgehead atoms. The minimum absolute atomic E-state index is 0.296. The van der Waals surface area contributed by atoms with E-state index in [4.69, 9.17) is 11.6 Å². The van der Waals surface area contributed by atoms with Gasteiger partial charge in [-0.25, -0.2) is 0 Å². The lowest BCUT2D eigenvalue weighted by Crippen LogP contribution is -2.35. The van der Waals surface area contributed by atoms with Gasteiger partial charge in [-0.1, -0.05) is 19.3 Å². The topological polar surface area (TPSA) is 24.9 Å². The molecule has 1 aliphatic rings. The fourth-order valence-electron chi connectivity index (χ4n) is 2.24. The van der Waals surface area contributed by atoms with Gasteiger partial charge in [-0.05, 0) is 30.5 Å². The predicted molar refractivity (Wildman–Crippen MR) is 67.6 cm³/mol. The Morgan fingerprint density at radius 2 is 1.94 bits per heavy atom. The van der Waals surface area contributed by atoms with Crippen molar-refractivity contribution in [2.24, 2.45) is 0 Å². The number of halogens is 1. The number of rotatable bonds is 3. The van der Waals surface area contributed by atoms with E-state index in [0.29, 0.717) is 11.4 Å². The highest BCUT2D eigenvalue weighted by Gasteiger charge is 2.20. The minimum Gasteiger partial charge on any atom is -0.308 e. The van der Waals surface area contributed by atoms with E-state index in [-0.39, 0.29) is 0 Å². The average molecular weight is 239 g/mol. The molecule has 0 aromatic carbocycles. The molecule has 2 nitrogen and oxygen atoms in total. The highest BCUT2D eigenvalue weighted by atomic mass is 35.5. The van der Waals surface area contributed by atoms with Crippen LogP contribution in [0, 0.1) is 0 Å². The van der Waals surface area contributed by atoms with Gasteiger partial charge < -0.3 is 5.32 Å². The number of pyridine rings is 1. The van der Waals surface area contributed by atoms with Crippen LogP contribution in [0.25, 0.3) is 0 Å². The molecule has 2 atom stereocenters. The van der Waals surface area contributed by atoms with Gasteiger partial charge in [0, 0.05) is 30.4 Å². The van der Waals surface area contributed by atoms with Crippen molar-refractivity contribution in [3.8, 4) is 0 Å². The molecule has 2 unspecified atom stereocenters. The normalized spacial score (nSPS) is 26.3. The Morgan fingerprint density at radius 3 is 2.75 bits per heavy atom. The summed E-state index contributed by atoms with van der Waals surface area (Å²) in [7, 11) is 0. The Hall–Kier alpha value is -0.600. The molecule has 1 aromatic heterocycles. The molecule has 1 fully saturated rings. The third-order valence-corrected chi connectivity index (χ3v) is 3.77. The van der Waals surface area contributed by atoms with Gasteiger partial charge in [0.1, 0.15) is 0 Å². The van der Waals surface area contributed by atoms with Crippen LogP contribution in [-0.2, 0) is 6.54 Å². The molecular weight excluding hydrogens is 220 g/mol. The summed E-state index contributed by atoms with van der Waals surface area (Å²) in [6.07, 6.45) is 9.94. The Balaban J connectivity index is 1.84. The zero-order valence-electron chi connectivity index (χ0n) is 9.53. The van der Waals surface area contributed by atoms with Crippen LogP contribution < -0.4 is 5.32 Å². The van der Waals surface area contributed by atoms with Crippen molar-refractivity contribution in [3.63, 3.8) is 0 Å². The van der Waals surface area contributed by atoms with Crippen molar-refractivity contribution in [2.45, 2.75) is 50.1 Å². The van der Waals surface area contributed by atoms with Crippen molar-refractivity contribution < 1.29 is 0 Å². The van der Waals surface area contributed by atoms with Crippen molar-refractivity contribution >= 4 is 11.6 Å². The highest BCUT2D eigenvalue weighted by molar-refractivity contribution is 6.21. The van der Waals surface area contributed by atoms with Crippen LogP contribution in [0.15, 0.2) is 24.5 Å². The standard InChI is InChI=1S/C13H19ClN2/c14-12-4-2-1-3-5-13(12)16-10-11-6-8-15-9-7-11/h6-9,12-13,16H,1-5,10H2. The molecule has 0 aliphatic heterocycles. The number of hydrogen-bond acceptors (Lipinski definition) is 2. The van der Waals surface area contributed by atoms with Crippen LogP contribution in [0.1, 0.15) is 37.7 Å². The first kappa shape index (κ1) is 11.9. The summed E-state index contributed by atoms with van der Waals surface area (Å²) >= 11 is 6.38. The van der Waals surface area contributed by atoms with Crippen molar-refractivity contribution in [1.29, 1.82) is 0 Å².